The molecule has 2 aromatic carbocycles. The third-order valence-corrected chi connectivity index (χ3v) is 4.19. The van der Waals surface area contributed by atoms with E-state index in [4.69, 9.17) is 5.73 Å². The van der Waals surface area contributed by atoms with Crippen molar-refractivity contribution in [2.24, 2.45) is 5.73 Å². The molecule has 152 valence electrons. The van der Waals surface area contributed by atoms with Crippen molar-refractivity contribution < 1.29 is 14.0 Å². The van der Waals surface area contributed by atoms with Crippen LogP contribution in [0.2, 0.25) is 0 Å². The number of carbonyl (C=O) groups excluding carboxylic acids is 2. The van der Waals surface area contributed by atoms with Gasteiger partial charge in [0.05, 0.1) is 0 Å². The number of hydrogen-bond acceptors (Lipinski definition) is 3. The third kappa shape index (κ3) is 8.06. The first-order valence-corrected chi connectivity index (χ1v) is 9.21. The second kappa shape index (κ2) is 12.9. The third-order valence-electron chi connectivity index (χ3n) is 4.19. The minimum absolute atomic E-state index is 0. The number of halogens is 2. The standard InChI is InChI=1S/C21H26FN3O2.ClH/c22-19-8-5-4-7-17(19)15-24-21(27)16-10-12-18(13-11-16)25-20(26)9-3-1-2-6-14-23;/h4-5,7-8,10-13H,1-3,6,9,14-15,23H2,(H,24,27)(H,25,26);1H. The van der Waals surface area contributed by atoms with Crippen LogP contribution in [0.1, 0.15) is 48.0 Å². The van der Waals surface area contributed by atoms with Gasteiger partial charge in [0, 0.05) is 29.8 Å². The predicted octanol–water partition coefficient (Wildman–Crippen LogP) is 4.03. The van der Waals surface area contributed by atoms with Gasteiger partial charge in [0.15, 0.2) is 0 Å². The Hall–Kier alpha value is -2.44. The van der Waals surface area contributed by atoms with E-state index in [1.807, 2.05) is 0 Å². The summed E-state index contributed by atoms with van der Waals surface area (Å²) in [5.41, 5.74) is 6.96. The SMILES string of the molecule is Cl.NCCCCCCC(=O)Nc1ccc(C(=O)NCc2ccccc2F)cc1. The topological polar surface area (TPSA) is 84.2 Å². The fourth-order valence-corrected chi connectivity index (χ4v) is 2.63. The Morgan fingerprint density at radius 3 is 2.29 bits per heavy atom. The van der Waals surface area contributed by atoms with Crippen molar-refractivity contribution in [1.82, 2.24) is 5.32 Å². The highest BCUT2D eigenvalue weighted by atomic mass is 35.5. The Bertz CT molecular complexity index is 754. The van der Waals surface area contributed by atoms with Gasteiger partial charge in [-0.25, -0.2) is 4.39 Å². The highest BCUT2D eigenvalue weighted by Gasteiger charge is 2.08. The van der Waals surface area contributed by atoms with Gasteiger partial charge in [0.25, 0.3) is 5.91 Å². The average Bonchev–Trinajstić information content (AvgIpc) is 2.67. The molecule has 2 rings (SSSR count). The molecule has 28 heavy (non-hydrogen) atoms. The zero-order valence-electron chi connectivity index (χ0n) is 15.7. The van der Waals surface area contributed by atoms with Gasteiger partial charge < -0.3 is 16.4 Å². The fourth-order valence-electron chi connectivity index (χ4n) is 2.63. The first-order valence-electron chi connectivity index (χ1n) is 9.21. The molecule has 0 atom stereocenters. The Morgan fingerprint density at radius 1 is 0.929 bits per heavy atom. The molecule has 2 aromatic rings. The van der Waals surface area contributed by atoms with Crippen LogP contribution in [0.3, 0.4) is 0 Å². The van der Waals surface area contributed by atoms with E-state index in [0.717, 1.165) is 25.7 Å². The minimum atomic E-state index is -0.348. The smallest absolute Gasteiger partial charge is 0.251 e. The number of hydrogen-bond donors (Lipinski definition) is 3. The molecule has 0 heterocycles. The molecule has 0 aliphatic carbocycles. The maximum absolute atomic E-state index is 13.6. The summed E-state index contributed by atoms with van der Waals surface area (Å²) < 4.78 is 13.6. The van der Waals surface area contributed by atoms with E-state index in [1.54, 1.807) is 42.5 Å². The number of carbonyl (C=O) groups is 2. The quantitative estimate of drug-likeness (QED) is 0.520. The van der Waals surface area contributed by atoms with E-state index in [2.05, 4.69) is 10.6 Å². The summed E-state index contributed by atoms with van der Waals surface area (Å²) in [6.07, 6.45) is 4.33. The van der Waals surface area contributed by atoms with E-state index in [9.17, 15) is 14.0 Å². The molecule has 0 aliphatic heterocycles. The van der Waals surface area contributed by atoms with Crippen molar-refractivity contribution in [3.05, 3.63) is 65.5 Å². The molecule has 2 amide bonds. The molecule has 5 nitrogen and oxygen atoms in total. The lowest BCUT2D eigenvalue weighted by molar-refractivity contribution is -0.116. The maximum Gasteiger partial charge on any atom is 0.251 e. The van der Waals surface area contributed by atoms with E-state index < -0.39 is 0 Å². The Kier molecular flexibility index (Phi) is 10.8. The zero-order chi connectivity index (χ0) is 19.5. The maximum atomic E-state index is 13.6. The summed E-state index contributed by atoms with van der Waals surface area (Å²) in [7, 11) is 0. The van der Waals surface area contributed by atoms with Crippen LogP contribution < -0.4 is 16.4 Å². The highest BCUT2D eigenvalue weighted by molar-refractivity contribution is 5.95. The van der Waals surface area contributed by atoms with Crippen molar-refractivity contribution in [3.8, 4) is 0 Å². The fraction of sp³-hybridized carbons (Fsp3) is 0.333. The molecule has 0 bridgehead atoms. The molecule has 0 spiro atoms. The van der Waals surface area contributed by atoms with Crippen LogP contribution in [-0.2, 0) is 11.3 Å². The van der Waals surface area contributed by atoms with E-state index in [1.165, 1.54) is 6.07 Å². The number of rotatable bonds is 10. The van der Waals surface area contributed by atoms with Gasteiger partial charge in [-0.2, -0.15) is 0 Å². The zero-order valence-corrected chi connectivity index (χ0v) is 16.6. The number of nitrogens with two attached hydrogens (primary N) is 1. The summed E-state index contributed by atoms with van der Waals surface area (Å²) in [4.78, 5) is 24.1. The van der Waals surface area contributed by atoms with E-state index in [-0.39, 0.29) is 36.6 Å². The van der Waals surface area contributed by atoms with E-state index >= 15 is 0 Å². The Morgan fingerprint density at radius 2 is 1.61 bits per heavy atom. The summed E-state index contributed by atoms with van der Waals surface area (Å²) in [6.45, 7) is 0.806. The molecular formula is C21H27ClFN3O2. The first-order chi connectivity index (χ1) is 13.1. The highest BCUT2D eigenvalue weighted by Crippen LogP contribution is 2.12. The minimum Gasteiger partial charge on any atom is -0.348 e. The summed E-state index contributed by atoms with van der Waals surface area (Å²) in [6, 6.07) is 12.9. The van der Waals surface area contributed by atoms with Crippen molar-refractivity contribution >= 4 is 29.9 Å². The monoisotopic (exact) mass is 407 g/mol. The number of anilines is 1. The molecular weight excluding hydrogens is 381 g/mol. The Labute approximate surface area is 171 Å². The molecule has 4 N–H and O–H groups in total. The van der Waals surface area contributed by atoms with Crippen LogP contribution in [0, 0.1) is 5.82 Å². The van der Waals surface area contributed by atoms with Crippen LogP contribution in [0.25, 0.3) is 0 Å². The van der Waals surface area contributed by atoms with Gasteiger partial charge in [-0.3, -0.25) is 9.59 Å². The Balaban J connectivity index is 0.00000392. The number of amides is 2. The summed E-state index contributed by atoms with van der Waals surface area (Å²) >= 11 is 0. The van der Waals surface area contributed by atoms with Gasteiger partial charge in [-0.15, -0.1) is 12.4 Å². The van der Waals surface area contributed by atoms with Gasteiger partial charge >= 0.3 is 0 Å². The number of nitrogens with one attached hydrogen (secondary N) is 2. The van der Waals surface area contributed by atoms with E-state index in [0.29, 0.717) is 29.8 Å². The number of unbranched alkanes of at least 4 members (excludes halogenated alkanes) is 3. The largest absolute Gasteiger partial charge is 0.348 e. The average molecular weight is 408 g/mol. The first kappa shape index (κ1) is 23.6. The second-order valence-corrected chi connectivity index (χ2v) is 6.35. The number of benzene rings is 2. The molecule has 0 fully saturated rings. The molecule has 0 radical (unpaired) electrons. The summed E-state index contributed by atoms with van der Waals surface area (Å²) in [5, 5.41) is 5.51. The lowest BCUT2D eigenvalue weighted by Gasteiger charge is -2.08. The van der Waals surface area contributed by atoms with Crippen molar-refractivity contribution in [3.63, 3.8) is 0 Å². The normalized spacial score (nSPS) is 10.1. The van der Waals surface area contributed by atoms with Crippen LogP contribution in [0.15, 0.2) is 48.5 Å². The molecule has 0 aliphatic rings. The van der Waals surface area contributed by atoms with Gasteiger partial charge in [-0.05, 0) is 49.7 Å². The predicted molar refractivity (Wildman–Crippen MR) is 112 cm³/mol. The van der Waals surface area contributed by atoms with Gasteiger partial charge in [-0.1, -0.05) is 31.0 Å². The molecule has 0 aromatic heterocycles. The van der Waals surface area contributed by atoms with Gasteiger partial charge in [0.2, 0.25) is 5.91 Å². The van der Waals surface area contributed by atoms with Crippen LogP contribution in [0.4, 0.5) is 10.1 Å². The second-order valence-electron chi connectivity index (χ2n) is 6.35. The lowest BCUT2D eigenvalue weighted by Crippen LogP contribution is -2.23. The van der Waals surface area contributed by atoms with Crippen LogP contribution in [0.5, 0.6) is 0 Å². The van der Waals surface area contributed by atoms with Crippen molar-refractivity contribution in [2.75, 3.05) is 11.9 Å². The van der Waals surface area contributed by atoms with Crippen LogP contribution >= 0.6 is 12.4 Å². The summed E-state index contributed by atoms with van der Waals surface area (Å²) in [5.74, 6) is -0.686. The van der Waals surface area contributed by atoms with Crippen molar-refractivity contribution in [2.45, 2.75) is 38.6 Å². The molecule has 0 saturated carbocycles. The molecule has 0 saturated heterocycles. The molecule has 7 heteroatoms. The van der Waals surface area contributed by atoms with Gasteiger partial charge in [0.1, 0.15) is 5.82 Å². The lowest BCUT2D eigenvalue weighted by atomic mass is 10.1. The van der Waals surface area contributed by atoms with Crippen molar-refractivity contribution in [1.29, 1.82) is 0 Å². The molecule has 0 unspecified atom stereocenters. The van der Waals surface area contributed by atoms with Crippen LogP contribution in [-0.4, -0.2) is 18.4 Å².